The summed E-state index contributed by atoms with van der Waals surface area (Å²) in [5.74, 6) is -4.16. The van der Waals surface area contributed by atoms with Crippen LogP contribution in [0.3, 0.4) is 0 Å². The van der Waals surface area contributed by atoms with E-state index in [4.69, 9.17) is 92.8 Å². The SMILES string of the molecule is CCc1cc(NC(=O)C(N=Nc2cc(Cl)cc(C(=O)Nc3ccc(Cl)c(Cl)c3Cl)c2)C(C)=O)c(CC)cc1NC(=O)C(N=Nc1cc(Cl)cc(C(=O)Nc2ccc(Cl)c(Cl)c2Cl)c1)C(C)=O. The normalized spacial score (nSPS) is 12.2. The lowest BCUT2D eigenvalue weighted by Crippen LogP contribution is -2.33. The molecule has 22 heteroatoms. The van der Waals surface area contributed by atoms with Crippen molar-refractivity contribution in [1.82, 2.24) is 0 Å². The highest BCUT2D eigenvalue weighted by molar-refractivity contribution is 6.50. The molecule has 5 aromatic carbocycles. The number of Topliss-reactive ketones (excluding diaryl/α,β-unsaturated/α-hetero) is 2. The summed E-state index contributed by atoms with van der Waals surface area (Å²) in [4.78, 5) is 78.9. The summed E-state index contributed by atoms with van der Waals surface area (Å²) in [6, 6.07) is 14.0. The average molecular weight is 1050 g/mol. The fraction of sp³-hybridized carbons (Fsp3) is 0.182. The second kappa shape index (κ2) is 23.0. The van der Waals surface area contributed by atoms with Crippen LogP contribution in [-0.4, -0.2) is 47.3 Å². The largest absolute Gasteiger partial charge is 0.323 e. The zero-order valence-electron chi connectivity index (χ0n) is 34.8. The van der Waals surface area contributed by atoms with Crippen molar-refractivity contribution in [1.29, 1.82) is 0 Å². The van der Waals surface area contributed by atoms with Gasteiger partial charge in [-0.05, 0) is 111 Å². The molecule has 4 N–H and O–H groups in total. The number of azo groups is 2. The Labute approximate surface area is 417 Å². The van der Waals surface area contributed by atoms with Crippen LogP contribution in [0.2, 0.25) is 40.2 Å². The molecule has 66 heavy (non-hydrogen) atoms. The molecule has 0 aliphatic heterocycles. The highest BCUT2D eigenvalue weighted by Crippen LogP contribution is 2.38. The van der Waals surface area contributed by atoms with E-state index in [-0.39, 0.29) is 74.1 Å². The van der Waals surface area contributed by atoms with Gasteiger partial charge in [0.1, 0.15) is 0 Å². The Morgan fingerprint density at radius 3 is 1.17 bits per heavy atom. The zero-order valence-corrected chi connectivity index (χ0v) is 40.8. The van der Waals surface area contributed by atoms with Crippen LogP contribution < -0.4 is 21.3 Å². The molecule has 0 bridgehead atoms. The van der Waals surface area contributed by atoms with Crippen molar-refractivity contribution in [2.45, 2.75) is 52.6 Å². The highest BCUT2D eigenvalue weighted by atomic mass is 35.5. The second-order valence-electron chi connectivity index (χ2n) is 14.1. The molecular formula is C44H34Cl8N8O6. The minimum absolute atomic E-state index is 0.0253. The smallest absolute Gasteiger partial charge is 0.258 e. The summed E-state index contributed by atoms with van der Waals surface area (Å²) < 4.78 is 0. The van der Waals surface area contributed by atoms with Gasteiger partial charge in [-0.2, -0.15) is 20.5 Å². The number of nitrogens with zero attached hydrogens (tertiary/aromatic N) is 4. The Morgan fingerprint density at radius 1 is 0.470 bits per heavy atom. The minimum atomic E-state index is -1.61. The highest BCUT2D eigenvalue weighted by Gasteiger charge is 2.27. The topological polar surface area (TPSA) is 200 Å². The Morgan fingerprint density at radius 2 is 0.833 bits per heavy atom. The monoisotopic (exact) mass is 1050 g/mol. The van der Waals surface area contributed by atoms with Gasteiger partial charge in [-0.3, -0.25) is 28.8 Å². The van der Waals surface area contributed by atoms with E-state index < -0.39 is 47.3 Å². The van der Waals surface area contributed by atoms with Crippen molar-refractivity contribution < 1.29 is 28.8 Å². The minimum Gasteiger partial charge on any atom is -0.323 e. The van der Waals surface area contributed by atoms with E-state index in [9.17, 15) is 28.8 Å². The second-order valence-corrected chi connectivity index (χ2v) is 17.3. The van der Waals surface area contributed by atoms with Crippen LogP contribution in [0, 0.1) is 0 Å². The maximum Gasteiger partial charge on any atom is 0.258 e. The molecule has 14 nitrogen and oxygen atoms in total. The zero-order chi connectivity index (χ0) is 48.6. The lowest BCUT2D eigenvalue weighted by Gasteiger charge is -2.18. The lowest BCUT2D eigenvalue weighted by molar-refractivity contribution is -0.127. The Balaban J connectivity index is 1.31. The first-order valence-corrected chi connectivity index (χ1v) is 22.3. The van der Waals surface area contributed by atoms with Gasteiger partial charge in [-0.25, -0.2) is 0 Å². The van der Waals surface area contributed by atoms with Gasteiger partial charge in [0.2, 0.25) is 12.1 Å². The molecule has 0 aliphatic carbocycles. The maximum absolute atomic E-state index is 13.6. The third-order valence-electron chi connectivity index (χ3n) is 9.31. The average Bonchev–Trinajstić information content (AvgIpc) is 3.26. The number of nitrogens with one attached hydrogen (secondary N) is 4. The van der Waals surface area contributed by atoms with Crippen LogP contribution in [-0.2, 0) is 32.0 Å². The number of halogens is 8. The predicted octanol–water partition coefficient (Wildman–Crippen LogP) is 13.9. The van der Waals surface area contributed by atoms with Crippen molar-refractivity contribution >= 4 is 162 Å². The Hall–Kier alpha value is -5.16. The van der Waals surface area contributed by atoms with Crippen molar-refractivity contribution in [3.63, 3.8) is 0 Å². The molecule has 5 rings (SSSR count). The lowest BCUT2D eigenvalue weighted by atomic mass is 10.0. The van der Waals surface area contributed by atoms with Crippen LogP contribution in [0.4, 0.5) is 34.1 Å². The maximum atomic E-state index is 13.6. The molecule has 5 aromatic rings. The number of hydrogen-bond donors (Lipinski definition) is 4. The van der Waals surface area contributed by atoms with Crippen LogP contribution in [0.5, 0.6) is 0 Å². The Kier molecular flexibility index (Phi) is 18.1. The van der Waals surface area contributed by atoms with Gasteiger partial charge >= 0.3 is 0 Å². The number of amides is 4. The number of aryl methyl sites for hydroxylation is 2. The van der Waals surface area contributed by atoms with Crippen LogP contribution in [0.25, 0.3) is 0 Å². The molecule has 0 spiro atoms. The van der Waals surface area contributed by atoms with E-state index >= 15 is 0 Å². The van der Waals surface area contributed by atoms with Crippen molar-refractivity contribution in [2.24, 2.45) is 20.5 Å². The van der Waals surface area contributed by atoms with E-state index in [1.807, 2.05) is 0 Å². The first kappa shape index (κ1) is 51.8. The summed E-state index contributed by atoms with van der Waals surface area (Å²) in [6.45, 7) is 5.94. The first-order chi connectivity index (χ1) is 31.2. The summed E-state index contributed by atoms with van der Waals surface area (Å²) in [5.41, 5.74) is 2.35. The van der Waals surface area contributed by atoms with Gasteiger partial charge in [-0.1, -0.05) is 107 Å². The number of hydrogen-bond acceptors (Lipinski definition) is 10. The van der Waals surface area contributed by atoms with E-state index in [2.05, 4.69) is 41.7 Å². The van der Waals surface area contributed by atoms with E-state index in [0.717, 1.165) is 0 Å². The van der Waals surface area contributed by atoms with Crippen LogP contribution in [0.1, 0.15) is 59.5 Å². The number of carbonyl (C=O) groups is 6. The fourth-order valence-corrected chi connectivity index (χ4v) is 7.58. The van der Waals surface area contributed by atoms with Gasteiger partial charge in [0.25, 0.3) is 23.6 Å². The van der Waals surface area contributed by atoms with Crippen molar-refractivity contribution in [3.8, 4) is 0 Å². The molecule has 2 atom stereocenters. The third-order valence-corrected chi connectivity index (χ3v) is 12.3. The van der Waals surface area contributed by atoms with Gasteiger partial charge in [-0.15, -0.1) is 0 Å². The number of benzene rings is 5. The van der Waals surface area contributed by atoms with E-state index in [1.54, 1.807) is 26.0 Å². The number of carbonyl (C=O) groups excluding carboxylic acids is 6. The molecule has 342 valence electrons. The van der Waals surface area contributed by atoms with Gasteiger partial charge in [0.05, 0.1) is 52.9 Å². The first-order valence-electron chi connectivity index (χ1n) is 19.3. The number of ketones is 2. The summed E-state index contributed by atoms with van der Waals surface area (Å²) in [5, 5.41) is 27.6. The molecular weight excluding hydrogens is 1020 g/mol. The third kappa shape index (κ3) is 13.0. The molecule has 2 unspecified atom stereocenters. The molecule has 4 amide bonds. The molecule has 0 aromatic heterocycles. The molecule has 0 aliphatic rings. The van der Waals surface area contributed by atoms with Gasteiger partial charge in [0.15, 0.2) is 11.6 Å². The van der Waals surface area contributed by atoms with E-state index in [0.29, 0.717) is 35.3 Å². The number of rotatable bonds is 16. The predicted molar refractivity (Wildman–Crippen MR) is 262 cm³/mol. The van der Waals surface area contributed by atoms with Gasteiger partial charge in [0, 0.05) is 32.5 Å². The van der Waals surface area contributed by atoms with Crippen LogP contribution in [0.15, 0.2) is 93.3 Å². The fourth-order valence-electron chi connectivity index (χ4n) is 5.95. The number of anilines is 4. The summed E-state index contributed by atoms with van der Waals surface area (Å²) in [6.07, 6.45) is 0.709. The van der Waals surface area contributed by atoms with Gasteiger partial charge < -0.3 is 21.3 Å². The molecule has 0 fully saturated rings. The van der Waals surface area contributed by atoms with E-state index in [1.165, 1.54) is 74.5 Å². The molecule has 0 saturated carbocycles. The van der Waals surface area contributed by atoms with Crippen molar-refractivity contribution in [3.05, 3.63) is 135 Å². The Bertz CT molecular complexity index is 2670. The standard InChI is InChI=1S/C44H34Cl8N8O6/c1-5-21-15-34(56-44(66)40(20(4)62)60-58-28-14-24(12-26(46)18-28)42(64)54-32-10-8-30(48)36(50)38(32)52)22(6-2)16-33(21)55-43(65)39(19(3)61)59-57-27-13-23(11-25(45)17-27)41(63)53-31-9-7-29(47)35(49)37(31)51/h7-18,39-40H,5-6H2,1-4H3,(H,53,63)(H,54,64)(H,55,65)(H,56,66). The molecule has 0 saturated heterocycles. The molecule has 0 heterocycles. The summed E-state index contributed by atoms with van der Waals surface area (Å²) in [7, 11) is 0. The van der Waals surface area contributed by atoms with Crippen LogP contribution >= 0.6 is 92.8 Å². The van der Waals surface area contributed by atoms with Crippen molar-refractivity contribution in [2.75, 3.05) is 21.3 Å². The summed E-state index contributed by atoms with van der Waals surface area (Å²) >= 11 is 49.2. The molecule has 0 radical (unpaired) electrons. The quantitative estimate of drug-likeness (QED) is 0.0430.